The molecule has 0 aromatic carbocycles. The van der Waals surface area contributed by atoms with Crippen LogP contribution in [0, 0.1) is 6.61 Å². The third kappa shape index (κ3) is 6.94. The van der Waals surface area contributed by atoms with Gasteiger partial charge in [-0.2, -0.15) is 0 Å². The topological polar surface area (TPSA) is 9.23 Å². The van der Waals surface area contributed by atoms with Crippen LogP contribution < -0.4 is 0 Å². The summed E-state index contributed by atoms with van der Waals surface area (Å²) in [5, 5.41) is 0. The summed E-state index contributed by atoms with van der Waals surface area (Å²) in [5.41, 5.74) is 0. The van der Waals surface area contributed by atoms with Crippen LogP contribution in [0.1, 0.15) is 77.6 Å². The fourth-order valence-electron chi connectivity index (χ4n) is 2.16. The quantitative estimate of drug-likeness (QED) is 0.526. The van der Waals surface area contributed by atoms with Crippen LogP contribution in [-0.4, -0.2) is 6.10 Å². The van der Waals surface area contributed by atoms with Crippen LogP contribution in [0.3, 0.4) is 0 Å². The molecule has 0 amide bonds. The van der Waals surface area contributed by atoms with E-state index in [1.165, 1.54) is 64.2 Å². The third-order valence-electron chi connectivity index (χ3n) is 3.18. The van der Waals surface area contributed by atoms with Crippen molar-refractivity contribution in [1.29, 1.82) is 0 Å². The van der Waals surface area contributed by atoms with E-state index < -0.39 is 0 Å². The average molecular weight is 210 g/mol. The van der Waals surface area contributed by atoms with Crippen molar-refractivity contribution in [2.24, 2.45) is 0 Å². The molecule has 1 aliphatic carbocycles. The van der Waals surface area contributed by atoms with Crippen molar-refractivity contribution in [3.63, 3.8) is 0 Å². The molecule has 0 atom stereocenters. The number of unbranched alkanes of at least 4 members (excludes halogenated alkanes) is 5. The highest BCUT2D eigenvalue weighted by molar-refractivity contribution is 4.67. The lowest BCUT2D eigenvalue weighted by atomic mass is 9.98. The summed E-state index contributed by atoms with van der Waals surface area (Å²) >= 11 is 0. The van der Waals surface area contributed by atoms with E-state index in [-0.39, 0.29) is 0 Å². The van der Waals surface area contributed by atoms with Crippen molar-refractivity contribution in [3.05, 3.63) is 6.61 Å². The molecule has 0 heterocycles. The zero-order chi connectivity index (χ0) is 10.8. The van der Waals surface area contributed by atoms with E-state index >= 15 is 0 Å². The van der Waals surface area contributed by atoms with Gasteiger partial charge in [-0.25, -0.2) is 0 Å². The van der Waals surface area contributed by atoms with Gasteiger partial charge in [0.1, 0.15) is 6.61 Å². The van der Waals surface area contributed by atoms with Crippen LogP contribution in [0.2, 0.25) is 0 Å². The number of rotatable bonds is 8. The first kappa shape index (κ1) is 13.0. The van der Waals surface area contributed by atoms with E-state index in [0.717, 1.165) is 6.42 Å². The Labute approximate surface area is 95.6 Å². The molecular weight excluding hydrogens is 184 g/mol. The van der Waals surface area contributed by atoms with E-state index in [1.807, 2.05) is 0 Å². The Morgan fingerprint density at radius 1 is 1.00 bits per heavy atom. The van der Waals surface area contributed by atoms with Gasteiger partial charge in [-0.15, -0.1) is 0 Å². The number of hydrogen-bond donors (Lipinski definition) is 0. The highest BCUT2D eigenvalue weighted by Crippen LogP contribution is 2.21. The summed E-state index contributed by atoms with van der Waals surface area (Å²) in [6, 6.07) is 0. The Balaban J connectivity index is 1.79. The molecule has 2 radical (unpaired) electrons. The first-order chi connectivity index (χ1) is 7.43. The summed E-state index contributed by atoms with van der Waals surface area (Å²) in [7, 11) is 0. The van der Waals surface area contributed by atoms with E-state index in [4.69, 9.17) is 4.74 Å². The molecule has 0 aromatic rings. The second-order valence-corrected chi connectivity index (χ2v) is 4.69. The maximum Gasteiger partial charge on any atom is 0.132 e. The van der Waals surface area contributed by atoms with Crippen LogP contribution in [0.25, 0.3) is 0 Å². The van der Waals surface area contributed by atoms with Crippen molar-refractivity contribution in [2.45, 2.75) is 83.7 Å². The van der Waals surface area contributed by atoms with Gasteiger partial charge in [-0.05, 0) is 19.3 Å². The molecule has 0 saturated heterocycles. The molecule has 0 unspecified atom stereocenters. The monoisotopic (exact) mass is 210 g/mol. The second kappa shape index (κ2) is 9.21. The summed E-state index contributed by atoms with van der Waals surface area (Å²) in [4.78, 5) is 0. The predicted molar refractivity (Wildman–Crippen MR) is 64.6 cm³/mol. The summed E-state index contributed by atoms with van der Waals surface area (Å²) in [6.45, 7) is 5.39. The minimum absolute atomic E-state index is 0.495. The Morgan fingerprint density at radius 2 is 1.73 bits per heavy atom. The van der Waals surface area contributed by atoms with Crippen molar-refractivity contribution >= 4 is 0 Å². The van der Waals surface area contributed by atoms with Crippen molar-refractivity contribution in [3.8, 4) is 0 Å². The average Bonchev–Trinajstić information content (AvgIpc) is 2.29. The predicted octanol–water partition coefficient (Wildman–Crippen LogP) is 4.73. The minimum Gasteiger partial charge on any atom is -0.365 e. The summed E-state index contributed by atoms with van der Waals surface area (Å²) in [5.74, 6) is 0. The van der Waals surface area contributed by atoms with E-state index in [1.54, 1.807) is 0 Å². The lowest BCUT2D eigenvalue weighted by Gasteiger charge is -2.21. The van der Waals surface area contributed by atoms with Crippen LogP contribution in [0.15, 0.2) is 0 Å². The molecule has 1 saturated carbocycles. The van der Waals surface area contributed by atoms with Gasteiger partial charge in [0, 0.05) is 0 Å². The van der Waals surface area contributed by atoms with Gasteiger partial charge in [0.05, 0.1) is 6.10 Å². The van der Waals surface area contributed by atoms with Crippen molar-refractivity contribution in [2.75, 3.05) is 0 Å². The van der Waals surface area contributed by atoms with Gasteiger partial charge in [0.2, 0.25) is 0 Å². The van der Waals surface area contributed by atoms with Gasteiger partial charge in [-0.1, -0.05) is 58.3 Å². The second-order valence-electron chi connectivity index (χ2n) is 4.69. The first-order valence-electron chi connectivity index (χ1n) is 6.82. The Hall–Kier alpha value is -0.0400. The zero-order valence-electron chi connectivity index (χ0n) is 10.3. The Kier molecular flexibility index (Phi) is 7.99. The van der Waals surface area contributed by atoms with Crippen LogP contribution >= 0.6 is 0 Å². The molecule has 0 aromatic heterocycles. The third-order valence-corrected chi connectivity index (χ3v) is 3.18. The van der Waals surface area contributed by atoms with Gasteiger partial charge in [-0.3, -0.25) is 0 Å². The van der Waals surface area contributed by atoms with Crippen LogP contribution in [0.4, 0.5) is 0 Å². The Morgan fingerprint density at radius 3 is 2.47 bits per heavy atom. The molecule has 0 bridgehead atoms. The smallest absolute Gasteiger partial charge is 0.132 e. The molecule has 0 spiro atoms. The molecule has 1 nitrogen and oxygen atoms in total. The van der Waals surface area contributed by atoms with Gasteiger partial charge in [0.25, 0.3) is 0 Å². The van der Waals surface area contributed by atoms with Crippen LogP contribution in [0.5, 0.6) is 0 Å². The largest absolute Gasteiger partial charge is 0.365 e. The molecule has 0 N–H and O–H groups in total. The number of ether oxygens (including phenoxy) is 1. The van der Waals surface area contributed by atoms with Gasteiger partial charge >= 0.3 is 0 Å². The highest BCUT2D eigenvalue weighted by Gasteiger charge is 2.13. The molecule has 1 heteroatoms. The maximum atomic E-state index is 5.64. The zero-order valence-corrected chi connectivity index (χ0v) is 10.3. The van der Waals surface area contributed by atoms with Gasteiger partial charge in [0.15, 0.2) is 0 Å². The molecule has 1 fully saturated rings. The maximum absolute atomic E-state index is 5.64. The molecule has 1 rings (SSSR count). The highest BCUT2D eigenvalue weighted by atomic mass is 16.5. The Bertz CT molecular complexity index is 127. The van der Waals surface area contributed by atoms with Crippen molar-refractivity contribution in [1.82, 2.24) is 0 Å². The first-order valence-corrected chi connectivity index (χ1v) is 6.82. The van der Waals surface area contributed by atoms with Crippen molar-refractivity contribution < 1.29 is 4.74 Å². The van der Waals surface area contributed by atoms with E-state index in [2.05, 4.69) is 13.5 Å². The summed E-state index contributed by atoms with van der Waals surface area (Å²) < 4.78 is 5.64. The SMILES string of the molecule is CCCCCCC[C]OC1CCCCC1. The molecule has 88 valence electrons. The van der Waals surface area contributed by atoms with Gasteiger partial charge < -0.3 is 4.74 Å². The van der Waals surface area contributed by atoms with Crippen LogP contribution in [-0.2, 0) is 4.74 Å². The fraction of sp³-hybridized carbons (Fsp3) is 0.929. The molecule has 0 aliphatic heterocycles. The van der Waals surface area contributed by atoms with E-state index in [0.29, 0.717) is 6.10 Å². The normalized spacial score (nSPS) is 18.2. The molecular formula is C14H26O. The minimum atomic E-state index is 0.495. The standard InChI is InChI=1S/C14H26O/c1-2-3-4-5-6-10-13-15-14-11-8-7-9-12-14/h14H,2-12H2,1H3. The lowest BCUT2D eigenvalue weighted by Crippen LogP contribution is -2.15. The molecule has 15 heavy (non-hydrogen) atoms. The summed E-state index contributed by atoms with van der Waals surface area (Å²) in [6.07, 6.45) is 14.8. The lowest BCUT2D eigenvalue weighted by molar-refractivity contribution is 0.0687. The number of hydrogen-bond acceptors (Lipinski definition) is 1. The fourth-order valence-corrected chi connectivity index (χ4v) is 2.16. The molecule has 1 aliphatic rings. The van der Waals surface area contributed by atoms with E-state index in [9.17, 15) is 0 Å².